The van der Waals surface area contributed by atoms with E-state index >= 15 is 0 Å². The Kier molecular flexibility index (Phi) is 2.44. The van der Waals surface area contributed by atoms with E-state index in [1.165, 1.54) is 0 Å². The van der Waals surface area contributed by atoms with Crippen molar-refractivity contribution in [2.45, 2.75) is 13.5 Å². The molecule has 0 saturated heterocycles. The SMILES string of the molecule is Cc1ccn(CCN)c(=O)c1. The molecule has 0 radical (unpaired) electrons. The Morgan fingerprint density at radius 2 is 2.36 bits per heavy atom. The summed E-state index contributed by atoms with van der Waals surface area (Å²) in [5.74, 6) is 0. The molecule has 0 amide bonds. The molecule has 0 aliphatic carbocycles. The number of nitrogens with two attached hydrogens (primary N) is 1. The van der Waals surface area contributed by atoms with Crippen molar-refractivity contribution in [3.05, 3.63) is 34.2 Å². The number of aromatic nitrogens is 1. The van der Waals surface area contributed by atoms with Gasteiger partial charge in [-0.05, 0) is 18.6 Å². The van der Waals surface area contributed by atoms with Crippen LogP contribution in [0, 0.1) is 6.92 Å². The minimum atomic E-state index is 0.0236. The highest BCUT2D eigenvalue weighted by atomic mass is 16.1. The predicted octanol–water partition coefficient (Wildman–Crippen LogP) is 0.115. The van der Waals surface area contributed by atoms with Crippen molar-refractivity contribution in [1.29, 1.82) is 0 Å². The third-order valence-corrected chi connectivity index (χ3v) is 1.52. The molecule has 2 N–H and O–H groups in total. The van der Waals surface area contributed by atoms with Gasteiger partial charge in [0.1, 0.15) is 0 Å². The van der Waals surface area contributed by atoms with Crippen molar-refractivity contribution in [2.75, 3.05) is 6.54 Å². The number of hydrogen-bond acceptors (Lipinski definition) is 2. The summed E-state index contributed by atoms with van der Waals surface area (Å²) in [5, 5.41) is 0. The molecule has 1 heterocycles. The monoisotopic (exact) mass is 152 g/mol. The zero-order chi connectivity index (χ0) is 8.27. The number of pyridine rings is 1. The molecule has 0 bridgehead atoms. The lowest BCUT2D eigenvalue weighted by molar-refractivity contribution is 0.679. The molecule has 60 valence electrons. The van der Waals surface area contributed by atoms with Crippen molar-refractivity contribution in [3.8, 4) is 0 Å². The van der Waals surface area contributed by atoms with Crippen LogP contribution in [-0.2, 0) is 6.54 Å². The van der Waals surface area contributed by atoms with E-state index in [-0.39, 0.29) is 5.56 Å². The van der Waals surface area contributed by atoms with E-state index < -0.39 is 0 Å². The van der Waals surface area contributed by atoms with Crippen molar-refractivity contribution in [3.63, 3.8) is 0 Å². The fourth-order valence-electron chi connectivity index (χ4n) is 0.931. The van der Waals surface area contributed by atoms with E-state index in [4.69, 9.17) is 5.73 Å². The Hall–Kier alpha value is -1.09. The third kappa shape index (κ3) is 1.91. The molecule has 1 aromatic rings. The van der Waals surface area contributed by atoms with Gasteiger partial charge in [0, 0.05) is 25.4 Å². The van der Waals surface area contributed by atoms with Crippen LogP contribution < -0.4 is 11.3 Å². The highest BCUT2D eigenvalue weighted by Gasteiger charge is 1.92. The van der Waals surface area contributed by atoms with Crippen LogP contribution in [0.3, 0.4) is 0 Å². The highest BCUT2D eigenvalue weighted by molar-refractivity contribution is 5.07. The Morgan fingerprint density at radius 3 is 2.91 bits per heavy atom. The molecule has 0 spiro atoms. The zero-order valence-electron chi connectivity index (χ0n) is 6.58. The second kappa shape index (κ2) is 3.34. The van der Waals surface area contributed by atoms with Gasteiger partial charge >= 0.3 is 0 Å². The molecule has 0 aliphatic rings. The summed E-state index contributed by atoms with van der Waals surface area (Å²) in [6.07, 6.45) is 1.77. The van der Waals surface area contributed by atoms with Crippen molar-refractivity contribution < 1.29 is 0 Å². The van der Waals surface area contributed by atoms with Crippen LogP contribution in [0.25, 0.3) is 0 Å². The quantitative estimate of drug-likeness (QED) is 0.654. The molecule has 0 unspecified atom stereocenters. The summed E-state index contributed by atoms with van der Waals surface area (Å²) in [4.78, 5) is 11.1. The maximum absolute atomic E-state index is 11.1. The first-order chi connectivity index (χ1) is 5.24. The van der Waals surface area contributed by atoms with Crippen molar-refractivity contribution in [2.24, 2.45) is 5.73 Å². The summed E-state index contributed by atoms with van der Waals surface area (Å²) < 4.78 is 1.60. The summed E-state index contributed by atoms with van der Waals surface area (Å²) in [5.41, 5.74) is 6.32. The fourth-order valence-corrected chi connectivity index (χ4v) is 0.931. The highest BCUT2D eigenvalue weighted by Crippen LogP contribution is 1.89. The molecule has 1 aromatic heterocycles. The predicted molar refractivity (Wildman–Crippen MR) is 44.5 cm³/mol. The first kappa shape index (κ1) is 8.01. The second-order valence-electron chi connectivity index (χ2n) is 2.52. The Labute approximate surface area is 65.5 Å². The lowest BCUT2D eigenvalue weighted by Crippen LogP contribution is -2.22. The van der Waals surface area contributed by atoms with E-state index in [0.717, 1.165) is 5.56 Å². The number of rotatable bonds is 2. The van der Waals surface area contributed by atoms with Crippen LogP contribution in [0.4, 0.5) is 0 Å². The van der Waals surface area contributed by atoms with Gasteiger partial charge in [-0.2, -0.15) is 0 Å². The van der Waals surface area contributed by atoms with Crippen LogP contribution in [0.1, 0.15) is 5.56 Å². The largest absolute Gasteiger partial charge is 0.329 e. The van der Waals surface area contributed by atoms with Gasteiger partial charge < -0.3 is 10.3 Å². The summed E-state index contributed by atoms with van der Waals surface area (Å²) in [6, 6.07) is 3.51. The molecule has 0 aromatic carbocycles. The van der Waals surface area contributed by atoms with Gasteiger partial charge in [0.2, 0.25) is 0 Å². The van der Waals surface area contributed by atoms with Crippen molar-refractivity contribution in [1.82, 2.24) is 4.57 Å². The van der Waals surface area contributed by atoms with Crippen LogP contribution in [-0.4, -0.2) is 11.1 Å². The van der Waals surface area contributed by atoms with E-state index in [1.54, 1.807) is 16.8 Å². The summed E-state index contributed by atoms with van der Waals surface area (Å²) in [6.45, 7) is 3.00. The smallest absolute Gasteiger partial charge is 0.250 e. The summed E-state index contributed by atoms with van der Waals surface area (Å²) >= 11 is 0. The minimum Gasteiger partial charge on any atom is -0.329 e. The average Bonchev–Trinajstić information content (AvgIpc) is 1.95. The van der Waals surface area contributed by atoms with Gasteiger partial charge in [0.25, 0.3) is 5.56 Å². The minimum absolute atomic E-state index is 0.0236. The van der Waals surface area contributed by atoms with Crippen LogP contribution in [0.5, 0.6) is 0 Å². The number of aryl methyl sites for hydroxylation is 1. The molecule has 1 rings (SSSR count). The van der Waals surface area contributed by atoms with Gasteiger partial charge in [0.05, 0.1) is 0 Å². The van der Waals surface area contributed by atoms with Crippen molar-refractivity contribution >= 4 is 0 Å². The number of hydrogen-bond donors (Lipinski definition) is 1. The maximum atomic E-state index is 11.1. The van der Waals surface area contributed by atoms with Crippen LogP contribution in [0.15, 0.2) is 23.1 Å². The zero-order valence-corrected chi connectivity index (χ0v) is 6.58. The lowest BCUT2D eigenvalue weighted by atomic mass is 10.3. The molecule has 3 heteroatoms. The second-order valence-corrected chi connectivity index (χ2v) is 2.52. The van der Waals surface area contributed by atoms with E-state index in [9.17, 15) is 4.79 Å². The standard InChI is InChI=1S/C8H12N2O/c1-7-2-4-10(5-3-9)8(11)6-7/h2,4,6H,3,5,9H2,1H3. The van der Waals surface area contributed by atoms with Gasteiger partial charge in [-0.25, -0.2) is 0 Å². The molecule has 3 nitrogen and oxygen atoms in total. The number of nitrogens with zero attached hydrogens (tertiary/aromatic N) is 1. The molecule has 11 heavy (non-hydrogen) atoms. The molecular weight excluding hydrogens is 140 g/mol. The van der Waals surface area contributed by atoms with E-state index in [2.05, 4.69) is 0 Å². The van der Waals surface area contributed by atoms with Crippen LogP contribution >= 0.6 is 0 Å². The van der Waals surface area contributed by atoms with E-state index in [0.29, 0.717) is 13.1 Å². The topological polar surface area (TPSA) is 48.0 Å². The van der Waals surface area contributed by atoms with Gasteiger partial charge in [-0.3, -0.25) is 4.79 Å². The fraction of sp³-hybridized carbons (Fsp3) is 0.375. The van der Waals surface area contributed by atoms with E-state index in [1.807, 2.05) is 13.0 Å². The summed E-state index contributed by atoms with van der Waals surface area (Å²) in [7, 11) is 0. The average molecular weight is 152 g/mol. The normalized spacial score (nSPS) is 10.0. The first-order valence-electron chi connectivity index (χ1n) is 3.61. The Morgan fingerprint density at radius 1 is 1.64 bits per heavy atom. The molecular formula is C8H12N2O. The maximum Gasteiger partial charge on any atom is 0.250 e. The molecule has 0 aliphatic heterocycles. The molecule has 0 atom stereocenters. The van der Waals surface area contributed by atoms with Crippen LogP contribution in [0.2, 0.25) is 0 Å². The third-order valence-electron chi connectivity index (χ3n) is 1.52. The van der Waals surface area contributed by atoms with Gasteiger partial charge in [-0.15, -0.1) is 0 Å². The Balaban J connectivity index is 3.00. The lowest BCUT2D eigenvalue weighted by Gasteiger charge is -2.01. The molecule has 0 saturated carbocycles. The van der Waals surface area contributed by atoms with Gasteiger partial charge in [-0.1, -0.05) is 0 Å². The first-order valence-corrected chi connectivity index (χ1v) is 3.61. The Bertz CT molecular complexity index is 290. The molecule has 0 fully saturated rings. The van der Waals surface area contributed by atoms with Gasteiger partial charge in [0.15, 0.2) is 0 Å².